The third kappa shape index (κ3) is 4.46. The molecule has 0 radical (unpaired) electrons. The number of rotatable bonds is 4. The Morgan fingerprint density at radius 3 is 2.54 bits per heavy atom. The van der Waals surface area contributed by atoms with E-state index in [4.69, 9.17) is 4.74 Å². The number of piperidine rings is 1. The second-order valence-electron chi connectivity index (χ2n) is 6.87. The Labute approximate surface area is 155 Å². The van der Waals surface area contributed by atoms with E-state index in [-0.39, 0.29) is 24.0 Å². The topological polar surface area (TPSA) is 59.5 Å². The van der Waals surface area contributed by atoms with Crippen molar-refractivity contribution in [2.45, 2.75) is 20.3 Å². The number of benzene rings is 1. The van der Waals surface area contributed by atoms with Gasteiger partial charge in [0.05, 0.1) is 0 Å². The Kier molecular flexibility index (Phi) is 5.66. The number of halogens is 1. The van der Waals surface area contributed by atoms with Gasteiger partial charge in [-0.15, -0.1) is 11.3 Å². The molecule has 1 amide bonds. The highest BCUT2D eigenvalue weighted by molar-refractivity contribution is 7.13. The third-order valence-corrected chi connectivity index (χ3v) is 5.24. The van der Waals surface area contributed by atoms with E-state index >= 15 is 0 Å². The van der Waals surface area contributed by atoms with Crippen LogP contribution in [0.2, 0.25) is 0 Å². The van der Waals surface area contributed by atoms with E-state index in [1.54, 1.807) is 22.4 Å². The molecule has 1 aliphatic heterocycles. The van der Waals surface area contributed by atoms with Crippen molar-refractivity contribution in [2.75, 3.05) is 19.7 Å². The Balaban J connectivity index is 1.57. The summed E-state index contributed by atoms with van der Waals surface area (Å²) in [5, 5.41) is 2.18. The first-order valence-corrected chi connectivity index (χ1v) is 9.46. The summed E-state index contributed by atoms with van der Waals surface area (Å²) in [7, 11) is 0. The summed E-state index contributed by atoms with van der Waals surface area (Å²) >= 11 is 1.27. The first kappa shape index (κ1) is 18.5. The Bertz CT molecular complexity index is 780. The highest BCUT2D eigenvalue weighted by Gasteiger charge is 2.26. The molecule has 7 heteroatoms. The minimum atomic E-state index is -0.624. The van der Waals surface area contributed by atoms with Gasteiger partial charge in [0.15, 0.2) is 12.3 Å². The molecular weight excluding hydrogens is 355 g/mol. The van der Waals surface area contributed by atoms with Gasteiger partial charge in [0.2, 0.25) is 0 Å². The molecule has 1 fully saturated rings. The molecule has 26 heavy (non-hydrogen) atoms. The van der Waals surface area contributed by atoms with Crippen molar-refractivity contribution in [3.05, 3.63) is 41.2 Å². The average Bonchev–Trinajstić information content (AvgIpc) is 3.09. The minimum Gasteiger partial charge on any atom is -0.451 e. The number of hydrogen-bond donors (Lipinski definition) is 0. The summed E-state index contributed by atoms with van der Waals surface area (Å²) in [6, 6.07) is 5.89. The van der Waals surface area contributed by atoms with Gasteiger partial charge >= 0.3 is 5.97 Å². The van der Waals surface area contributed by atoms with Crippen molar-refractivity contribution >= 4 is 23.2 Å². The monoisotopic (exact) mass is 376 g/mol. The quantitative estimate of drug-likeness (QED) is 0.765. The van der Waals surface area contributed by atoms with Crippen molar-refractivity contribution in [3.63, 3.8) is 0 Å². The summed E-state index contributed by atoms with van der Waals surface area (Å²) in [4.78, 5) is 30.4. The molecule has 5 nitrogen and oxygen atoms in total. The number of hydrogen-bond acceptors (Lipinski definition) is 5. The molecular formula is C19H21FN2O3S. The fourth-order valence-electron chi connectivity index (χ4n) is 3.25. The molecule has 0 bridgehead atoms. The van der Waals surface area contributed by atoms with E-state index in [9.17, 15) is 14.0 Å². The van der Waals surface area contributed by atoms with Crippen LogP contribution >= 0.6 is 11.3 Å². The lowest BCUT2D eigenvalue weighted by Gasteiger charge is -2.34. The lowest BCUT2D eigenvalue weighted by Crippen LogP contribution is -2.44. The fourth-order valence-corrected chi connectivity index (χ4v) is 4.05. The number of amides is 1. The van der Waals surface area contributed by atoms with Crippen LogP contribution in [0.15, 0.2) is 29.6 Å². The van der Waals surface area contributed by atoms with Gasteiger partial charge in [0.25, 0.3) is 5.91 Å². The Morgan fingerprint density at radius 2 is 1.88 bits per heavy atom. The summed E-state index contributed by atoms with van der Waals surface area (Å²) in [5.74, 6) is -0.220. The van der Waals surface area contributed by atoms with Gasteiger partial charge in [0.1, 0.15) is 10.8 Å². The van der Waals surface area contributed by atoms with Crippen LogP contribution in [0.3, 0.4) is 0 Å². The number of carbonyl (C=O) groups excluding carboxylic acids is 2. The van der Waals surface area contributed by atoms with E-state index in [1.807, 2.05) is 0 Å². The first-order valence-electron chi connectivity index (χ1n) is 8.58. The van der Waals surface area contributed by atoms with Crippen LogP contribution in [0.1, 0.15) is 30.8 Å². The normalized spacial score (nSPS) is 20.0. The van der Waals surface area contributed by atoms with E-state index in [2.05, 4.69) is 18.8 Å². The molecule has 0 unspecified atom stereocenters. The SMILES string of the molecule is C[C@@H]1C[C@H](C)CN(C(=O)COC(=O)c2csc(-c3ccc(F)cc3)n2)C1. The van der Waals surface area contributed by atoms with Crippen LogP contribution in [0.25, 0.3) is 10.6 Å². The van der Waals surface area contributed by atoms with Gasteiger partial charge in [-0.05, 0) is 42.5 Å². The largest absolute Gasteiger partial charge is 0.451 e. The van der Waals surface area contributed by atoms with Gasteiger partial charge in [0, 0.05) is 24.0 Å². The van der Waals surface area contributed by atoms with Crippen LogP contribution in [0, 0.1) is 17.7 Å². The summed E-state index contributed by atoms with van der Waals surface area (Å²) < 4.78 is 18.1. The predicted molar refractivity (Wildman–Crippen MR) is 97.3 cm³/mol. The van der Waals surface area contributed by atoms with Crippen molar-refractivity contribution in [2.24, 2.45) is 11.8 Å². The maximum Gasteiger partial charge on any atom is 0.358 e. The minimum absolute atomic E-state index is 0.155. The summed E-state index contributed by atoms with van der Waals surface area (Å²) in [5.41, 5.74) is 0.880. The van der Waals surface area contributed by atoms with Crippen molar-refractivity contribution in [3.8, 4) is 10.6 Å². The Morgan fingerprint density at radius 1 is 1.23 bits per heavy atom. The van der Waals surface area contributed by atoms with Crippen LogP contribution < -0.4 is 0 Å². The number of nitrogens with zero attached hydrogens (tertiary/aromatic N) is 2. The molecule has 0 saturated carbocycles. The molecule has 1 aromatic carbocycles. The summed E-state index contributed by atoms with van der Waals surface area (Å²) in [6.07, 6.45) is 1.11. The highest BCUT2D eigenvalue weighted by Crippen LogP contribution is 2.24. The maximum absolute atomic E-state index is 13.0. The number of esters is 1. The van der Waals surface area contributed by atoms with Crippen molar-refractivity contribution in [1.82, 2.24) is 9.88 Å². The molecule has 0 spiro atoms. The Hall–Kier alpha value is -2.28. The number of likely N-dealkylation sites (tertiary alicyclic amines) is 1. The molecule has 2 atom stereocenters. The van der Waals surface area contributed by atoms with Gasteiger partial charge in [-0.25, -0.2) is 14.2 Å². The summed E-state index contributed by atoms with van der Waals surface area (Å²) in [6.45, 7) is 5.36. The second kappa shape index (κ2) is 7.95. The van der Waals surface area contributed by atoms with Crippen molar-refractivity contribution < 1.29 is 18.7 Å². The van der Waals surface area contributed by atoms with Crippen molar-refractivity contribution in [1.29, 1.82) is 0 Å². The zero-order valence-corrected chi connectivity index (χ0v) is 15.6. The van der Waals surface area contributed by atoms with Crippen LogP contribution in [0.4, 0.5) is 4.39 Å². The smallest absolute Gasteiger partial charge is 0.358 e. The standard InChI is InChI=1S/C19H21FN2O3S/c1-12-7-13(2)9-22(8-12)17(23)10-25-19(24)16-11-26-18(21-16)14-3-5-15(20)6-4-14/h3-6,11-13H,7-10H2,1-2H3/t12-,13+. The van der Waals surface area contributed by atoms with Crippen LogP contribution in [-0.4, -0.2) is 41.5 Å². The first-order chi connectivity index (χ1) is 12.4. The average molecular weight is 376 g/mol. The van der Waals surface area contributed by atoms with E-state index in [1.165, 1.54) is 23.5 Å². The zero-order valence-electron chi connectivity index (χ0n) is 14.8. The number of aromatic nitrogens is 1. The maximum atomic E-state index is 13.0. The van der Waals surface area contributed by atoms with Crippen LogP contribution in [0.5, 0.6) is 0 Å². The lowest BCUT2D eigenvalue weighted by atomic mass is 9.92. The molecule has 1 saturated heterocycles. The molecule has 1 aliphatic rings. The second-order valence-corrected chi connectivity index (χ2v) is 7.72. The number of thiazole rings is 1. The molecule has 3 rings (SSSR count). The molecule has 0 aliphatic carbocycles. The van der Waals surface area contributed by atoms with E-state index in [0.29, 0.717) is 29.9 Å². The van der Waals surface area contributed by atoms with E-state index < -0.39 is 5.97 Å². The van der Waals surface area contributed by atoms with Crippen LogP contribution in [-0.2, 0) is 9.53 Å². The fraction of sp³-hybridized carbons (Fsp3) is 0.421. The van der Waals surface area contributed by atoms with Gasteiger partial charge in [-0.1, -0.05) is 13.8 Å². The third-order valence-electron chi connectivity index (χ3n) is 4.35. The van der Waals surface area contributed by atoms with E-state index in [0.717, 1.165) is 12.0 Å². The highest BCUT2D eigenvalue weighted by atomic mass is 32.1. The molecule has 138 valence electrons. The molecule has 1 aromatic heterocycles. The molecule has 2 heterocycles. The molecule has 2 aromatic rings. The van der Waals surface area contributed by atoms with Gasteiger partial charge in [-0.3, -0.25) is 4.79 Å². The molecule has 0 N–H and O–H groups in total. The van der Waals surface area contributed by atoms with Gasteiger partial charge < -0.3 is 9.64 Å². The zero-order chi connectivity index (χ0) is 18.7. The lowest BCUT2D eigenvalue weighted by molar-refractivity contribution is -0.137. The van der Waals surface area contributed by atoms with Gasteiger partial charge in [-0.2, -0.15) is 0 Å². The number of carbonyl (C=O) groups is 2. The predicted octanol–water partition coefficient (Wildman–Crippen LogP) is 3.61. The number of ether oxygens (including phenoxy) is 1.